The smallest absolute Gasteiger partial charge is 0.201 e. The van der Waals surface area contributed by atoms with Crippen LogP contribution in [-0.4, -0.2) is 48.3 Å². The van der Waals surface area contributed by atoms with Crippen LogP contribution in [0.15, 0.2) is 51.7 Å². The minimum absolute atomic E-state index is 0.00333. The molecule has 0 aliphatic carbocycles. The van der Waals surface area contributed by atoms with Crippen LogP contribution >= 0.6 is 0 Å². The standard InChI is InChI=1S/C24H28N2O4/c1-25(12-5-15-26-13-3-2-4-14-26)18-8-6-17(7-9-18)22-16-21(28)19-10-11-20(27)23(29)24(19)30-22/h6-11,16,27,29H,2-5,12-15H2,1H3. The van der Waals surface area contributed by atoms with Gasteiger partial charge in [0.25, 0.3) is 0 Å². The Morgan fingerprint density at radius 1 is 1.03 bits per heavy atom. The Labute approximate surface area is 176 Å². The SMILES string of the molecule is CN(CCCN1CCCCC1)c1ccc(-c2cc(=O)c3ccc(O)c(O)c3o2)cc1. The number of phenols is 2. The lowest BCUT2D eigenvalue weighted by Gasteiger charge is -2.27. The molecular formula is C24H28N2O4. The molecule has 0 saturated carbocycles. The molecule has 1 aliphatic rings. The molecule has 4 rings (SSSR count). The fraction of sp³-hybridized carbons (Fsp3) is 0.375. The summed E-state index contributed by atoms with van der Waals surface area (Å²) in [5.74, 6) is -0.381. The van der Waals surface area contributed by atoms with Crippen LogP contribution in [0.3, 0.4) is 0 Å². The van der Waals surface area contributed by atoms with Crippen LogP contribution in [0.4, 0.5) is 5.69 Å². The van der Waals surface area contributed by atoms with Crippen LogP contribution in [0.25, 0.3) is 22.3 Å². The number of anilines is 1. The Kier molecular flexibility index (Phi) is 5.95. The second-order valence-electron chi connectivity index (χ2n) is 8.01. The molecule has 0 unspecified atom stereocenters. The molecule has 1 aliphatic heterocycles. The van der Waals surface area contributed by atoms with Crippen molar-refractivity contribution >= 4 is 16.7 Å². The van der Waals surface area contributed by atoms with Crippen molar-refractivity contribution in [3.05, 3.63) is 52.7 Å². The Balaban J connectivity index is 1.46. The minimum atomic E-state index is -0.420. The molecular weight excluding hydrogens is 380 g/mol. The van der Waals surface area contributed by atoms with Gasteiger partial charge in [-0.3, -0.25) is 4.79 Å². The van der Waals surface area contributed by atoms with E-state index in [0.717, 1.165) is 30.8 Å². The second kappa shape index (κ2) is 8.79. The quantitative estimate of drug-likeness (QED) is 0.596. The summed E-state index contributed by atoms with van der Waals surface area (Å²) in [6, 6.07) is 12.0. The van der Waals surface area contributed by atoms with Crippen molar-refractivity contribution in [2.24, 2.45) is 0 Å². The highest BCUT2D eigenvalue weighted by Gasteiger charge is 2.14. The van der Waals surface area contributed by atoms with Crippen molar-refractivity contribution < 1.29 is 14.6 Å². The molecule has 1 fully saturated rings. The molecule has 1 aromatic heterocycles. The predicted octanol–water partition coefficient (Wildman–Crippen LogP) is 4.18. The number of phenolic OH excluding ortho intramolecular Hbond substituents is 2. The van der Waals surface area contributed by atoms with Crippen LogP contribution in [-0.2, 0) is 0 Å². The summed E-state index contributed by atoms with van der Waals surface area (Å²) in [6.45, 7) is 4.57. The topological polar surface area (TPSA) is 77.2 Å². The third-order valence-electron chi connectivity index (χ3n) is 5.86. The Bertz CT molecular complexity index is 1070. The zero-order chi connectivity index (χ0) is 21.1. The lowest BCUT2D eigenvalue weighted by molar-refractivity contribution is 0.227. The largest absolute Gasteiger partial charge is 0.504 e. The number of rotatable bonds is 6. The van der Waals surface area contributed by atoms with Crippen molar-refractivity contribution in [1.82, 2.24) is 4.90 Å². The number of hydrogen-bond acceptors (Lipinski definition) is 6. The summed E-state index contributed by atoms with van der Waals surface area (Å²) in [4.78, 5) is 17.2. The zero-order valence-corrected chi connectivity index (χ0v) is 17.3. The molecule has 2 aromatic carbocycles. The van der Waals surface area contributed by atoms with Crippen LogP contribution in [0.2, 0.25) is 0 Å². The van der Waals surface area contributed by atoms with E-state index in [9.17, 15) is 15.0 Å². The monoisotopic (exact) mass is 408 g/mol. The van der Waals surface area contributed by atoms with Gasteiger partial charge in [-0.25, -0.2) is 0 Å². The van der Waals surface area contributed by atoms with Crippen LogP contribution in [0, 0.1) is 0 Å². The maximum Gasteiger partial charge on any atom is 0.201 e. The average molecular weight is 408 g/mol. The van der Waals surface area contributed by atoms with Crippen molar-refractivity contribution in [3.8, 4) is 22.8 Å². The molecule has 2 N–H and O–H groups in total. The first kappa shape index (κ1) is 20.3. The van der Waals surface area contributed by atoms with Gasteiger partial charge >= 0.3 is 0 Å². The van der Waals surface area contributed by atoms with E-state index in [4.69, 9.17) is 4.42 Å². The first-order chi connectivity index (χ1) is 14.5. The average Bonchev–Trinajstić information content (AvgIpc) is 2.77. The molecule has 0 spiro atoms. The fourth-order valence-electron chi connectivity index (χ4n) is 4.06. The van der Waals surface area contributed by atoms with Crippen molar-refractivity contribution in [2.75, 3.05) is 38.1 Å². The van der Waals surface area contributed by atoms with Crippen LogP contribution < -0.4 is 10.3 Å². The second-order valence-corrected chi connectivity index (χ2v) is 8.01. The summed E-state index contributed by atoms with van der Waals surface area (Å²) in [5, 5.41) is 20.0. The lowest BCUT2D eigenvalue weighted by atomic mass is 10.1. The first-order valence-electron chi connectivity index (χ1n) is 10.6. The van der Waals surface area contributed by atoms with Crippen molar-refractivity contribution in [1.29, 1.82) is 0 Å². The van der Waals surface area contributed by atoms with Gasteiger partial charge in [-0.05, 0) is 75.3 Å². The van der Waals surface area contributed by atoms with Gasteiger partial charge in [-0.15, -0.1) is 0 Å². The summed E-state index contributed by atoms with van der Waals surface area (Å²) < 4.78 is 5.74. The van der Waals surface area contributed by atoms with E-state index < -0.39 is 5.75 Å². The Morgan fingerprint density at radius 2 is 1.77 bits per heavy atom. The summed E-state index contributed by atoms with van der Waals surface area (Å²) >= 11 is 0. The molecule has 0 bridgehead atoms. The van der Waals surface area contributed by atoms with E-state index in [0.29, 0.717) is 5.76 Å². The predicted molar refractivity (Wildman–Crippen MR) is 119 cm³/mol. The zero-order valence-electron chi connectivity index (χ0n) is 17.3. The van der Waals surface area contributed by atoms with Gasteiger partial charge in [-0.2, -0.15) is 0 Å². The van der Waals surface area contributed by atoms with E-state index in [1.165, 1.54) is 50.6 Å². The highest BCUT2D eigenvalue weighted by Crippen LogP contribution is 2.34. The molecule has 158 valence electrons. The van der Waals surface area contributed by atoms with Gasteiger partial charge in [0.15, 0.2) is 16.8 Å². The van der Waals surface area contributed by atoms with Crippen LogP contribution in [0.5, 0.6) is 11.5 Å². The van der Waals surface area contributed by atoms with E-state index >= 15 is 0 Å². The normalized spacial score (nSPS) is 14.8. The minimum Gasteiger partial charge on any atom is -0.504 e. The lowest BCUT2D eigenvalue weighted by Crippen LogP contribution is -2.32. The van der Waals surface area contributed by atoms with Crippen LogP contribution in [0.1, 0.15) is 25.7 Å². The molecule has 0 atom stereocenters. The number of fused-ring (bicyclic) bond motifs is 1. The number of likely N-dealkylation sites (tertiary alicyclic amines) is 1. The molecule has 30 heavy (non-hydrogen) atoms. The molecule has 3 aromatic rings. The molecule has 6 nitrogen and oxygen atoms in total. The highest BCUT2D eigenvalue weighted by molar-refractivity contribution is 5.86. The summed E-state index contributed by atoms with van der Waals surface area (Å²) in [5.41, 5.74) is 1.57. The molecule has 1 saturated heterocycles. The van der Waals surface area contributed by atoms with E-state index in [1.807, 2.05) is 24.3 Å². The molecule has 6 heteroatoms. The number of benzene rings is 2. The number of hydrogen-bond donors (Lipinski definition) is 2. The van der Waals surface area contributed by atoms with Gasteiger partial charge in [0.2, 0.25) is 5.75 Å². The molecule has 2 heterocycles. The van der Waals surface area contributed by atoms with E-state index in [2.05, 4.69) is 16.8 Å². The summed E-state index contributed by atoms with van der Waals surface area (Å²) in [7, 11) is 2.09. The van der Waals surface area contributed by atoms with Gasteiger partial charge in [0.05, 0.1) is 5.39 Å². The number of piperidine rings is 1. The number of aromatic hydroxyl groups is 2. The fourth-order valence-corrected chi connectivity index (χ4v) is 4.06. The first-order valence-corrected chi connectivity index (χ1v) is 10.6. The van der Waals surface area contributed by atoms with Crippen molar-refractivity contribution in [2.45, 2.75) is 25.7 Å². The molecule has 0 radical (unpaired) electrons. The van der Waals surface area contributed by atoms with Gasteiger partial charge in [0.1, 0.15) is 5.76 Å². The highest BCUT2D eigenvalue weighted by atomic mass is 16.4. The Morgan fingerprint density at radius 3 is 2.50 bits per heavy atom. The third-order valence-corrected chi connectivity index (χ3v) is 5.86. The Hall–Kier alpha value is -2.99. The summed E-state index contributed by atoms with van der Waals surface area (Å²) in [6.07, 6.45) is 5.13. The maximum atomic E-state index is 12.4. The van der Waals surface area contributed by atoms with Crippen molar-refractivity contribution in [3.63, 3.8) is 0 Å². The van der Waals surface area contributed by atoms with Gasteiger partial charge in [0, 0.05) is 30.9 Å². The maximum absolute atomic E-state index is 12.4. The van der Waals surface area contributed by atoms with E-state index in [1.54, 1.807) is 0 Å². The molecule has 0 amide bonds. The van der Waals surface area contributed by atoms with Gasteiger partial charge in [-0.1, -0.05) is 6.42 Å². The van der Waals surface area contributed by atoms with E-state index in [-0.39, 0.29) is 22.1 Å². The number of nitrogens with zero attached hydrogens (tertiary/aromatic N) is 2. The van der Waals surface area contributed by atoms with Gasteiger partial charge < -0.3 is 24.4 Å². The third kappa shape index (κ3) is 4.28.